The summed E-state index contributed by atoms with van der Waals surface area (Å²) in [4.78, 5) is 25.0. The SMILES string of the molecule is CC(C)n1nc(CC(=O)Nc2ccc(C(F)F)nn2)c(=O)c2ccc(C(F)(F)F)cc21. The van der Waals surface area contributed by atoms with Gasteiger partial charge in [-0.05, 0) is 44.2 Å². The zero-order chi connectivity index (χ0) is 22.9. The number of anilines is 1. The van der Waals surface area contributed by atoms with E-state index in [4.69, 9.17) is 0 Å². The summed E-state index contributed by atoms with van der Waals surface area (Å²) < 4.78 is 65.5. The zero-order valence-corrected chi connectivity index (χ0v) is 16.2. The van der Waals surface area contributed by atoms with E-state index in [2.05, 4.69) is 20.6 Å². The Morgan fingerprint density at radius 1 is 1.13 bits per heavy atom. The Balaban J connectivity index is 1.94. The maximum Gasteiger partial charge on any atom is 0.416 e. The number of halogens is 5. The first kappa shape index (κ1) is 22.2. The summed E-state index contributed by atoms with van der Waals surface area (Å²) >= 11 is 0. The van der Waals surface area contributed by atoms with Crippen molar-refractivity contribution in [1.29, 1.82) is 0 Å². The Morgan fingerprint density at radius 2 is 1.84 bits per heavy atom. The number of carbonyl (C=O) groups is 1. The minimum Gasteiger partial charge on any atom is -0.309 e. The van der Waals surface area contributed by atoms with E-state index in [0.717, 1.165) is 30.3 Å². The Bertz CT molecular complexity index is 1170. The molecule has 0 aliphatic heterocycles. The lowest BCUT2D eigenvalue weighted by molar-refractivity contribution is -0.137. The van der Waals surface area contributed by atoms with Crippen LogP contribution in [0.15, 0.2) is 35.1 Å². The molecule has 0 aliphatic carbocycles. The van der Waals surface area contributed by atoms with Crippen molar-refractivity contribution in [2.24, 2.45) is 0 Å². The van der Waals surface area contributed by atoms with E-state index >= 15 is 0 Å². The summed E-state index contributed by atoms with van der Waals surface area (Å²) in [6, 6.07) is 4.40. The second-order valence-electron chi connectivity index (χ2n) is 6.91. The molecule has 0 fully saturated rings. The molecule has 0 unspecified atom stereocenters. The van der Waals surface area contributed by atoms with Crippen LogP contribution in [0, 0.1) is 0 Å². The largest absolute Gasteiger partial charge is 0.416 e. The number of amides is 1. The smallest absolute Gasteiger partial charge is 0.309 e. The molecule has 12 heteroatoms. The van der Waals surface area contributed by atoms with E-state index in [1.54, 1.807) is 13.8 Å². The van der Waals surface area contributed by atoms with Crippen molar-refractivity contribution >= 4 is 22.6 Å². The van der Waals surface area contributed by atoms with Gasteiger partial charge in [-0.25, -0.2) is 8.78 Å². The van der Waals surface area contributed by atoms with Crippen molar-refractivity contribution in [3.8, 4) is 0 Å². The molecule has 1 amide bonds. The summed E-state index contributed by atoms with van der Waals surface area (Å²) in [7, 11) is 0. The normalized spacial score (nSPS) is 12.0. The number of aromatic nitrogens is 4. The zero-order valence-electron chi connectivity index (χ0n) is 16.2. The average molecular weight is 441 g/mol. The molecular weight excluding hydrogens is 425 g/mol. The Kier molecular flexibility index (Phi) is 6.00. The van der Waals surface area contributed by atoms with Gasteiger partial charge in [-0.3, -0.25) is 14.3 Å². The van der Waals surface area contributed by atoms with E-state index in [1.807, 2.05) is 0 Å². The molecule has 0 aliphatic rings. The highest BCUT2D eigenvalue weighted by molar-refractivity contribution is 5.91. The average Bonchev–Trinajstić information content (AvgIpc) is 2.69. The van der Waals surface area contributed by atoms with Crippen LogP contribution in [-0.4, -0.2) is 25.9 Å². The molecule has 1 N–H and O–H groups in total. The molecule has 2 aromatic heterocycles. The summed E-state index contributed by atoms with van der Waals surface area (Å²) in [6.07, 6.45) is -7.90. The lowest BCUT2D eigenvalue weighted by atomic mass is 10.1. The van der Waals surface area contributed by atoms with Gasteiger partial charge < -0.3 is 5.32 Å². The Labute approximate surface area is 171 Å². The highest BCUT2D eigenvalue weighted by Crippen LogP contribution is 2.31. The monoisotopic (exact) mass is 441 g/mol. The van der Waals surface area contributed by atoms with Gasteiger partial charge in [-0.2, -0.15) is 18.3 Å². The third-order valence-corrected chi connectivity index (χ3v) is 4.30. The number of fused-ring (bicyclic) bond motifs is 1. The van der Waals surface area contributed by atoms with Crippen LogP contribution in [0.5, 0.6) is 0 Å². The number of benzene rings is 1. The van der Waals surface area contributed by atoms with Gasteiger partial charge in [-0.15, -0.1) is 10.2 Å². The van der Waals surface area contributed by atoms with E-state index in [-0.39, 0.29) is 22.4 Å². The van der Waals surface area contributed by atoms with Gasteiger partial charge in [0, 0.05) is 11.4 Å². The van der Waals surface area contributed by atoms with Gasteiger partial charge >= 0.3 is 6.18 Å². The van der Waals surface area contributed by atoms with Gasteiger partial charge in [0.1, 0.15) is 11.4 Å². The first-order valence-corrected chi connectivity index (χ1v) is 9.01. The van der Waals surface area contributed by atoms with Gasteiger partial charge in [0.05, 0.1) is 17.5 Å². The molecule has 31 heavy (non-hydrogen) atoms. The van der Waals surface area contributed by atoms with Crippen molar-refractivity contribution in [2.75, 3.05) is 5.32 Å². The molecule has 7 nitrogen and oxygen atoms in total. The minimum absolute atomic E-state index is 0.00700. The first-order chi connectivity index (χ1) is 14.5. The molecule has 1 aromatic carbocycles. The first-order valence-electron chi connectivity index (χ1n) is 9.01. The molecule has 0 saturated heterocycles. The Hall–Kier alpha value is -3.44. The molecule has 2 heterocycles. The molecule has 3 rings (SSSR count). The van der Waals surface area contributed by atoms with Gasteiger partial charge in [0.15, 0.2) is 5.82 Å². The van der Waals surface area contributed by atoms with Gasteiger partial charge in [0.2, 0.25) is 11.3 Å². The number of nitrogens with one attached hydrogen (secondary N) is 1. The minimum atomic E-state index is -4.59. The predicted octanol–water partition coefficient (Wildman–Crippen LogP) is 3.91. The molecule has 0 bridgehead atoms. The number of carbonyl (C=O) groups excluding carboxylic acids is 1. The quantitative estimate of drug-likeness (QED) is 0.607. The highest BCUT2D eigenvalue weighted by atomic mass is 19.4. The van der Waals surface area contributed by atoms with E-state index in [0.29, 0.717) is 0 Å². The van der Waals surface area contributed by atoms with Crippen LogP contribution in [0.25, 0.3) is 10.9 Å². The van der Waals surface area contributed by atoms with Crippen molar-refractivity contribution in [1.82, 2.24) is 20.0 Å². The third kappa shape index (κ3) is 4.84. The lowest BCUT2D eigenvalue weighted by Crippen LogP contribution is -2.26. The van der Waals surface area contributed by atoms with Crippen LogP contribution < -0.4 is 10.7 Å². The fourth-order valence-corrected chi connectivity index (χ4v) is 2.85. The van der Waals surface area contributed by atoms with Gasteiger partial charge in [0.25, 0.3) is 6.43 Å². The second-order valence-corrected chi connectivity index (χ2v) is 6.91. The number of rotatable bonds is 5. The van der Waals surface area contributed by atoms with Crippen LogP contribution >= 0.6 is 0 Å². The van der Waals surface area contributed by atoms with E-state index < -0.39 is 47.7 Å². The molecule has 164 valence electrons. The van der Waals surface area contributed by atoms with Gasteiger partial charge in [-0.1, -0.05) is 0 Å². The maximum absolute atomic E-state index is 13.1. The molecule has 3 aromatic rings. The summed E-state index contributed by atoms with van der Waals surface area (Å²) in [6.45, 7) is 3.34. The van der Waals surface area contributed by atoms with Crippen molar-refractivity contribution in [3.05, 3.63) is 57.5 Å². The van der Waals surface area contributed by atoms with Crippen LogP contribution in [0.4, 0.5) is 27.8 Å². The second kappa shape index (κ2) is 8.36. The maximum atomic E-state index is 13.1. The molecule has 0 spiro atoms. The molecule has 0 radical (unpaired) electrons. The van der Waals surface area contributed by atoms with Crippen LogP contribution in [0.1, 0.15) is 43.3 Å². The lowest BCUT2D eigenvalue weighted by Gasteiger charge is -2.16. The summed E-state index contributed by atoms with van der Waals surface area (Å²) in [5, 5.41) is 13.1. The Morgan fingerprint density at radius 3 is 2.39 bits per heavy atom. The number of alkyl halides is 5. The van der Waals surface area contributed by atoms with Crippen molar-refractivity contribution in [3.63, 3.8) is 0 Å². The number of hydrogen-bond donors (Lipinski definition) is 1. The summed E-state index contributed by atoms with van der Waals surface area (Å²) in [5.41, 5.74) is -2.36. The van der Waals surface area contributed by atoms with Crippen molar-refractivity contribution < 1.29 is 26.7 Å². The molecular formula is C19H16F5N5O2. The summed E-state index contributed by atoms with van der Waals surface area (Å²) in [5.74, 6) is -0.820. The molecule has 0 atom stereocenters. The fourth-order valence-electron chi connectivity index (χ4n) is 2.85. The predicted molar refractivity (Wildman–Crippen MR) is 101 cm³/mol. The van der Waals surface area contributed by atoms with Crippen LogP contribution in [0.2, 0.25) is 0 Å². The number of nitrogens with zero attached hydrogens (tertiary/aromatic N) is 4. The van der Waals surface area contributed by atoms with E-state index in [9.17, 15) is 31.5 Å². The topological polar surface area (TPSA) is 89.8 Å². The highest BCUT2D eigenvalue weighted by Gasteiger charge is 2.31. The van der Waals surface area contributed by atoms with Crippen LogP contribution in [-0.2, 0) is 17.4 Å². The van der Waals surface area contributed by atoms with Crippen LogP contribution in [0.3, 0.4) is 0 Å². The van der Waals surface area contributed by atoms with E-state index in [1.165, 1.54) is 4.68 Å². The third-order valence-electron chi connectivity index (χ3n) is 4.30. The van der Waals surface area contributed by atoms with Crippen molar-refractivity contribution in [2.45, 2.75) is 38.9 Å². The standard InChI is InChI=1S/C19H16F5N5O2/c1-9(2)29-14-7-10(19(22,23)24)3-4-11(14)17(31)13(28-29)8-16(30)25-15-6-5-12(18(20)21)26-27-15/h3-7,9,18H,8H2,1-2H3,(H,25,27,30). The number of hydrogen-bond acceptors (Lipinski definition) is 5. The fraction of sp³-hybridized carbons (Fsp3) is 0.316. The molecule has 0 saturated carbocycles.